The Morgan fingerprint density at radius 3 is 1.94 bits per heavy atom. The zero-order valence-electron chi connectivity index (χ0n) is 11.7. The molecule has 100 valence electrons. The smallest absolute Gasteiger partial charge is 0.0924 e. The van der Waals surface area contributed by atoms with Gasteiger partial charge in [-0.1, -0.05) is 27.7 Å². The fraction of sp³-hybridized carbons (Fsp3) is 1.00. The van der Waals surface area contributed by atoms with Gasteiger partial charge in [0.2, 0.25) is 0 Å². The Kier molecular flexibility index (Phi) is 3.13. The summed E-state index contributed by atoms with van der Waals surface area (Å²) in [4.78, 5) is 0. The average Bonchev–Trinajstić information content (AvgIpc) is 2.46. The Hall–Kier alpha value is 0.270. The van der Waals surface area contributed by atoms with Crippen LogP contribution in [0.5, 0.6) is 0 Å². The summed E-state index contributed by atoms with van der Waals surface area (Å²) in [5, 5.41) is 10.9. The van der Waals surface area contributed by atoms with E-state index in [1.807, 2.05) is 11.8 Å². The van der Waals surface area contributed by atoms with Gasteiger partial charge in [-0.15, -0.1) is 0 Å². The molecule has 1 aliphatic heterocycles. The molecule has 1 atom stereocenters. The van der Waals surface area contributed by atoms with Crippen LogP contribution in [-0.2, 0) is 0 Å². The predicted molar refractivity (Wildman–Crippen MR) is 75.2 cm³/mol. The molecule has 0 bridgehead atoms. The van der Waals surface area contributed by atoms with E-state index in [0.29, 0.717) is 0 Å². The molecule has 0 aromatic carbocycles. The van der Waals surface area contributed by atoms with Crippen molar-refractivity contribution in [2.75, 3.05) is 11.5 Å². The molecule has 0 spiro atoms. The van der Waals surface area contributed by atoms with Crippen LogP contribution in [0.2, 0.25) is 0 Å². The first-order valence-corrected chi connectivity index (χ1v) is 7.82. The molecule has 2 fully saturated rings. The Bertz CT molecular complexity index is 289. The average molecular weight is 257 g/mol. The van der Waals surface area contributed by atoms with E-state index in [-0.39, 0.29) is 10.8 Å². The minimum Gasteiger partial charge on any atom is -0.387 e. The second-order valence-corrected chi connectivity index (χ2v) is 8.95. The van der Waals surface area contributed by atoms with Crippen LogP contribution in [0.3, 0.4) is 0 Å². The van der Waals surface area contributed by atoms with Gasteiger partial charge >= 0.3 is 0 Å². The van der Waals surface area contributed by atoms with Gasteiger partial charge in [-0.2, -0.15) is 11.8 Å². The summed E-state index contributed by atoms with van der Waals surface area (Å²) in [5.74, 6) is 1.87. The molecule has 0 radical (unpaired) electrons. The molecule has 1 saturated carbocycles. The maximum atomic E-state index is 10.9. The van der Waals surface area contributed by atoms with Gasteiger partial charge in [0, 0.05) is 11.3 Å². The van der Waals surface area contributed by atoms with E-state index in [4.69, 9.17) is 5.73 Å². The normalized spacial score (nSPS) is 39.2. The van der Waals surface area contributed by atoms with Crippen LogP contribution in [0, 0.1) is 10.8 Å². The lowest BCUT2D eigenvalue weighted by Crippen LogP contribution is -2.66. The zero-order chi connectivity index (χ0) is 12.9. The molecule has 2 nitrogen and oxygen atoms in total. The van der Waals surface area contributed by atoms with Crippen LogP contribution in [-0.4, -0.2) is 27.8 Å². The molecule has 0 aromatic rings. The molecule has 0 aromatic heterocycles. The van der Waals surface area contributed by atoms with Gasteiger partial charge in [0.1, 0.15) is 0 Å². The largest absolute Gasteiger partial charge is 0.387 e. The van der Waals surface area contributed by atoms with Gasteiger partial charge < -0.3 is 10.8 Å². The van der Waals surface area contributed by atoms with Crippen molar-refractivity contribution in [3.63, 3.8) is 0 Å². The van der Waals surface area contributed by atoms with Crippen LogP contribution in [0.15, 0.2) is 0 Å². The molecule has 17 heavy (non-hydrogen) atoms. The highest BCUT2D eigenvalue weighted by atomic mass is 32.2. The first-order valence-electron chi connectivity index (χ1n) is 6.67. The second kappa shape index (κ2) is 3.88. The van der Waals surface area contributed by atoms with Gasteiger partial charge in [0.05, 0.1) is 5.60 Å². The third-order valence-electron chi connectivity index (χ3n) is 4.47. The fourth-order valence-electron chi connectivity index (χ4n) is 4.47. The molecule has 2 aliphatic rings. The Labute approximate surface area is 110 Å². The molecular formula is C14H27NOS. The van der Waals surface area contributed by atoms with Crippen molar-refractivity contribution in [1.29, 1.82) is 0 Å². The number of hydrogen-bond acceptors (Lipinski definition) is 3. The summed E-state index contributed by atoms with van der Waals surface area (Å²) >= 11 is 1.84. The Morgan fingerprint density at radius 1 is 1.00 bits per heavy atom. The lowest BCUT2D eigenvalue weighted by Gasteiger charge is -2.55. The quantitative estimate of drug-likeness (QED) is 0.759. The maximum Gasteiger partial charge on any atom is 0.0924 e. The van der Waals surface area contributed by atoms with Crippen LogP contribution >= 0.6 is 11.8 Å². The predicted octanol–water partition coefficient (Wildman–Crippen LogP) is 2.79. The lowest BCUT2D eigenvalue weighted by atomic mass is 9.54. The minimum atomic E-state index is -0.646. The van der Waals surface area contributed by atoms with Crippen molar-refractivity contribution in [2.24, 2.45) is 16.6 Å². The van der Waals surface area contributed by atoms with E-state index in [1.54, 1.807) is 0 Å². The third-order valence-corrected chi connectivity index (χ3v) is 5.65. The highest BCUT2D eigenvalue weighted by Crippen LogP contribution is 2.54. The van der Waals surface area contributed by atoms with E-state index < -0.39 is 11.1 Å². The van der Waals surface area contributed by atoms with Crippen LogP contribution in [0.4, 0.5) is 0 Å². The molecule has 1 saturated heterocycles. The minimum absolute atomic E-state index is 0.236. The summed E-state index contributed by atoms with van der Waals surface area (Å²) in [7, 11) is 0. The van der Waals surface area contributed by atoms with Crippen LogP contribution in [0.25, 0.3) is 0 Å². The summed E-state index contributed by atoms with van der Waals surface area (Å²) in [6, 6.07) is 0. The maximum absolute atomic E-state index is 10.9. The molecule has 0 amide bonds. The van der Waals surface area contributed by atoms with E-state index in [2.05, 4.69) is 27.7 Å². The number of nitrogens with two attached hydrogens (primary N) is 1. The molecule has 1 unspecified atom stereocenters. The van der Waals surface area contributed by atoms with Crippen LogP contribution in [0.1, 0.15) is 53.4 Å². The van der Waals surface area contributed by atoms with Crippen molar-refractivity contribution in [2.45, 2.75) is 64.5 Å². The van der Waals surface area contributed by atoms with Crippen molar-refractivity contribution in [1.82, 2.24) is 0 Å². The summed E-state index contributed by atoms with van der Waals surface area (Å²) in [6.45, 7) is 9.17. The molecular weight excluding hydrogens is 230 g/mol. The SMILES string of the molecule is CC1(C)CC(C)(C)CC(N)(C2(O)CCSC2)C1. The molecule has 1 heterocycles. The summed E-state index contributed by atoms with van der Waals surface area (Å²) < 4.78 is 0. The van der Waals surface area contributed by atoms with Gasteiger partial charge in [0.25, 0.3) is 0 Å². The first-order chi connectivity index (χ1) is 7.58. The molecule has 3 heteroatoms. The van der Waals surface area contributed by atoms with Crippen molar-refractivity contribution >= 4 is 11.8 Å². The molecule has 3 N–H and O–H groups in total. The first kappa shape index (κ1) is 13.7. The van der Waals surface area contributed by atoms with Gasteiger partial charge in [-0.05, 0) is 42.3 Å². The van der Waals surface area contributed by atoms with E-state index >= 15 is 0 Å². The highest BCUT2D eigenvalue weighted by molar-refractivity contribution is 7.99. The van der Waals surface area contributed by atoms with Crippen molar-refractivity contribution < 1.29 is 5.11 Å². The fourth-order valence-corrected chi connectivity index (χ4v) is 5.86. The van der Waals surface area contributed by atoms with Crippen molar-refractivity contribution in [3.8, 4) is 0 Å². The van der Waals surface area contributed by atoms with E-state index in [1.165, 1.54) is 6.42 Å². The summed E-state index contributed by atoms with van der Waals surface area (Å²) in [6.07, 6.45) is 3.95. The topological polar surface area (TPSA) is 46.2 Å². The third kappa shape index (κ3) is 2.52. The Balaban J connectivity index is 2.30. The highest BCUT2D eigenvalue weighted by Gasteiger charge is 2.56. The summed E-state index contributed by atoms with van der Waals surface area (Å²) in [5.41, 5.74) is 6.11. The van der Waals surface area contributed by atoms with Crippen LogP contribution < -0.4 is 5.73 Å². The van der Waals surface area contributed by atoms with E-state index in [9.17, 15) is 5.11 Å². The van der Waals surface area contributed by atoms with E-state index in [0.717, 1.165) is 30.8 Å². The zero-order valence-corrected chi connectivity index (χ0v) is 12.5. The number of rotatable bonds is 1. The number of hydrogen-bond donors (Lipinski definition) is 2. The van der Waals surface area contributed by atoms with Crippen molar-refractivity contribution in [3.05, 3.63) is 0 Å². The monoisotopic (exact) mass is 257 g/mol. The van der Waals surface area contributed by atoms with Gasteiger partial charge in [0.15, 0.2) is 0 Å². The standard InChI is InChI=1S/C14H27NOS/c1-11(2)7-12(3,4)9-13(15,8-11)14(16)5-6-17-10-14/h16H,5-10,15H2,1-4H3. The lowest BCUT2D eigenvalue weighted by molar-refractivity contribution is -0.0823. The number of aliphatic hydroxyl groups is 1. The number of thioether (sulfide) groups is 1. The molecule has 1 aliphatic carbocycles. The van der Waals surface area contributed by atoms with Gasteiger partial charge in [-0.25, -0.2) is 0 Å². The molecule has 2 rings (SSSR count). The van der Waals surface area contributed by atoms with Gasteiger partial charge in [-0.3, -0.25) is 0 Å². The second-order valence-electron chi connectivity index (χ2n) is 7.85. The Morgan fingerprint density at radius 2 is 1.53 bits per heavy atom.